The smallest absolute Gasteiger partial charge is 0.140 e. The summed E-state index contributed by atoms with van der Waals surface area (Å²) in [7, 11) is 0. The van der Waals surface area contributed by atoms with Crippen LogP contribution in [0.1, 0.15) is 5.82 Å². The Morgan fingerprint density at radius 1 is 1.18 bits per heavy atom. The standard InChI is InChI=1S/C11H7ClF2N2S/c1-6-15-10(12)5-11(16-6)17-9-3-2-7(13)4-8(9)14/h2-5H,1H3. The maximum atomic E-state index is 13.4. The Balaban J connectivity index is 2.31. The van der Waals surface area contributed by atoms with Gasteiger partial charge in [-0.25, -0.2) is 18.7 Å². The van der Waals surface area contributed by atoms with E-state index in [1.165, 1.54) is 18.2 Å². The summed E-state index contributed by atoms with van der Waals surface area (Å²) in [5.41, 5.74) is 0. The molecule has 2 nitrogen and oxygen atoms in total. The first kappa shape index (κ1) is 12.3. The van der Waals surface area contributed by atoms with E-state index >= 15 is 0 Å². The molecule has 0 N–H and O–H groups in total. The molecule has 88 valence electrons. The van der Waals surface area contributed by atoms with Gasteiger partial charge in [0.05, 0.1) is 0 Å². The van der Waals surface area contributed by atoms with Crippen LogP contribution in [-0.4, -0.2) is 9.97 Å². The molecule has 0 saturated heterocycles. The van der Waals surface area contributed by atoms with E-state index in [2.05, 4.69) is 9.97 Å². The summed E-state index contributed by atoms with van der Waals surface area (Å²) < 4.78 is 26.1. The highest BCUT2D eigenvalue weighted by atomic mass is 35.5. The summed E-state index contributed by atoms with van der Waals surface area (Å²) in [6.45, 7) is 1.69. The molecule has 0 amide bonds. The SMILES string of the molecule is Cc1nc(Cl)cc(Sc2ccc(F)cc2F)n1. The third-order valence-electron chi connectivity index (χ3n) is 1.89. The highest BCUT2D eigenvalue weighted by molar-refractivity contribution is 7.99. The van der Waals surface area contributed by atoms with Gasteiger partial charge in [0.15, 0.2) is 0 Å². The maximum absolute atomic E-state index is 13.4. The number of rotatable bonds is 2. The maximum Gasteiger partial charge on any atom is 0.140 e. The highest BCUT2D eigenvalue weighted by Crippen LogP contribution is 2.29. The van der Waals surface area contributed by atoms with Crippen molar-refractivity contribution < 1.29 is 8.78 Å². The van der Waals surface area contributed by atoms with Crippen LogP contribution in [0, 0.1) is 18.6 Å². The van der Waals surface area contributed by atoms with Crippen LogP contribution in [0.15, 0.2) is 34.2 Å². The van der Waals surface area contributed by atoms with Crippen molar-refractivity contribution in [2.75, 3.05) is 0 Å². The fourth-order valence-corrected chi connectivity index (χ4v) is 2.38. The number of nitrogens with zero attached hydrogens (tertiary/aromatic N) is 2. The molecule has 6 heteroatoms. The van der Waals surface area contributed by atoms with Gasteiger partial charge in [-0.1, -0.05) is 23.4 Å². The topological polar surface area (TPSA) is 25.8 Å². The van der Waals surface area contributed by atoms with Gasteiger partial charge in [0.2, 0.25) is 0 Å². The molecule has 0 aliphatic heterocycles. The van der Waals surface area contributed by atoms with Gasteiger partial charge in [-0.05, 0) is 19.1 Å². The second kappa shape index (κ2) is 4.98. The Labute approximate surface area is 106 Å². The molecular formula is C11H7ClF2N2S. The van der Waals surface area contributed by atoms with Crippen molar-refractivity contribution in [3.05, 3.63) is 46.9 Å². The lowest BCUT2D eigenvalue weighted by atomic mass is 10.3. The largest absolute Gasteiger partial charge is 0.226 e. The Morgan fingerprint density at radius 3 is 2.59 bits per heavy atom. The molecule has 0 aliphatic carbocycles. The van der Waals surface area contributed by atoms with Crippen LogP contribution in [0.4, 0.5) is 8.78 Å². The molecule has 0 aliphatic rings. The van der Waals surface area contributed by atoms with E-state index in [1.807, 2.05) is 0 Å². The second-order valence-electron chi connectivity index (χ2n) is 3.25. The zero-order chi connectivity index (χ0) is 12.4. The van der Waals surface area contributed by atoms with Crippen LogP contribution >= 0.6 is 23.4 Å². The summed E-state index contributed by atoms with van der Waals surface area (Å²) in [5, 5.41) is 0.815. The van der Waals surface area contributed by atoms with Crippen molar-refractivity contribution in [1.82, 2.24) is 9.97 Å². The van der Waals surface area contributed by atoms with E-state index in [-0.39, 0.29) is 0 Å². The third-order valence-corrected chi connectivity index (χ3v) is 3.05. The van der Waals surface area contributed by atoms with Gasteiger partial charge in [0.1, 0.15) is 27.6 Å². The average molecular weight is 273 g/mol. The summed E-state index contributed by atoms with van der Waals surface area (Å²) in [6, 6.07) is 4.92. The van der Waals surface area contributed by atoms with Crippen LogP contribution < -0.4 is 0 Å². The van der Waals surface area contributed by atoms with Gasteiger partial charge in [0.25, 0.3) is 0 Å². The summed E-state index contributed by atoms with van der Waals surface area (Å²) >= 11 is 6.84. The molecule has 0 unspecified atom stereocenters. The van der Waals surface area contributed by atoms with Crippen LogP contribution in [0.2, 0.25) is 5.15 Å². The minimum Gasteiger partial charge on any atom is -0.226 e. The lowest BCUT2D eigenvalue weighted by Crippen LogP contribution is -1.91. The van der Waals surface area contributed by atoms with Crippen molar-refractivity contribution in [3.8, 4) is 0 Å². The van der Waals surface area contributed by atoms with Crippen molar-refractivity contribution in [2.45, 2.75) is 16.8 Å². The van der Waals surface area contributed by atoms with E-state index in [1.54, 1.807) is 6.92 Å². The lowest BCUT2D eigenvalue weighted by Gasteiger charge is -2.03. The minimum atomic E-state index is -0.623. The zero-order valence-corrected chi connectivity index (χ0v) is 10.3. The van der Waals surface area contributed by atoms with Gasteiger partial charge in [0, 0.05) is 17.0 Å². The molecule has 0 bridgehead atoms. The van der Waals surface area contributed by atoms with Crippen LogP contribution in [-0.2, 0) is 0 Å². The normalized spacial score (nSPS) is 10.6. The van der Waals surface area contributed by atoms with E-state index in [9.17, 15) is 8.78 Å². The van der Waals surface area contributed by atoms with Gasteiger partial charge in [-0.15, -0.1) is 0 Å². The van der Waals surface area contributed by atoms with E-state index in [0.717, 1.165) is 17.8 Å². The molecule has 1 aromatic carbocycles. The minimum absolute atomic E-state index is 0.292. The number of halogens is 3. The van der Waals surface area contributed by atoms with Crippen molar-refractivity contribution in [1.29, 1.82) is 0 Å². The summed E-state index contributed by atoms with van der Waals surface area (Å²) in [5.74, 6) is -0.728. The van der Waals surface area contributed by atoms with Crippen LogP contribution in [0.5, 0.6) is 0 Å². The molecule has 1 heterocycles. The Hall–Kier alpha value is -1.20. The first-order valence-corrected chi connectivity index (χ1v) is 5.88. The Bertz CT molecular complexity index is 543. The van der Waals surface area contributed by atoms with Crippen LogP contribution in [0.3, 0.4) is 0 Å². The van der Waals surface area contributed by atoms with Crippen LogP contribution in [0.25, 0.3) is 0 Å². The second-order valence-corrected chi connectivity index (χ2v) is 4.70. The molecule has 0 atom stereocenters. The van der Waals surface area contributed by atoms with E-state index in [0.29, 0.717) is 20.9 Å². The van der Waals surface area contributed by atoms with Crippen molar-refractivity contribution >= 4 is 23.4 Å². The Morgan fingerprint density at radius 2 is 1.94 bits per heavy atom. The molecule has 0 radical (unpaired) electrons. The number of aryl methyl sites for hydroxylation is 1. The molecule has 0 fully saturated rings. The lowest BCUT2D eigenvalue weighted by molar-refractivity contribution is 0.565. The number of benzene rings is 1. The monoisotopic (exact) mass is 272 g/mol. The molecule has 0 saturated carbocycles. The van der Waals surface area contributed by atoms with Crippen molar-refractivity contribution in [2.24, 2.45) is 0 Å². The predicted octanol–water partition coefficient (Wildman–Crippen LogP) is 3.87. The van der Waals surface area contributed by atoms with Crippen molar-refractivity contribution in [3.63, 3.8) is 0 Å². The molecule has 1 aromatic heterocycles. The number of hydrogen-bond donors (Lipinski definition) is 0. The third kappa shape index (κ3) is 3.14. The van der Waals surface area contributed by atoms with E-state index in [4.69, 9.17) is 11.6 Å². The first-order valence-electron chi connectivity index (χ1n) is 4.69. The average Bonchev–Trinajstić information content (AvgIpc) is 2.21. The van der Waals surface area contributed by atoms with Gasteiger partial charge >= 0.3 is 0 Å². The summed E-state index contributed by atoms with van der Waals surface area (Å²) in [4.78, 5) is 8.29. The van der Waals surface area contributed by atoms with Gasteiger partial charge in [-0.2, -0.15) is 0 Å². The van der Waals surface area contributed by atoms with Gasteiger partial charge < -0.3 is 0 Å². The molecule has 0 spiro atoms. The summed E-state index contributed by atoms with van der Waals surface area (Å²) in [6.07, 6.45) is 0. The molecule has 2 rings (SSSR count). The fraction of sp³-hybridized carbons (Fsp3) is 0.0909. The number of hydrogen-bond acceptors (Lipinski definition) is 3. The van der Waals surface area contributed by atoms with E-state index < -0.39 is 11.6 Å². The predicted molar refractivity (Wildman–Crippen MR) is 62.3 cm³/mol. The zero-order valence-electron chi connectivity index (χ0n) is 8.75. The molecule has 17 heavy (non-hydrogen) atoms. The Kier molecular flexibility index (Phi) is 3.59. The molecule has 2 aromatic rings. The fourth-order valence-electron chi connectivity index (χ4n) is 1.23. The number of aromatic nitrogens is 2. The van der Waals surface area contributed by atoms with Gasteiger partial charge in [-0.3, -0.25) is 0 Å². The molecular weight excluding hydrogens is 266 g/mol. The quantitative estimate of drug-likeness (QED) is 0.776. The first-order chi connectivity index (χ1) is 8.04. The highest BCUT2D eigenvalue weighted by Gasteiger charge is 2.08.